The quantitative estimate of drug-likeness (QED) is 0.927. The first-order valence-electron chi connectivity index (χ1n) is 6.66. The van der Waals surface area contributed by atoms with Gasteiger partial charge in [0.15, 0.2) is 0 Å². The smallest absolute Gasteiger partial charge is 0.128 e. The fourth-order valence-corrected chi connectivity index (χ4v) is 2.49. The molecule has 0 saturated heterocycles. The molecule has 1 aromatic carbocycles. The summed E-state index contributed by atoms with van der Waals surface area (Å²) in [5.74, 6) is 0.962. The van der Waals surface area contributed by atoms with Crippen LogP contribution < -0.4 is 10.6 Å². The van der Waals surface area contributed by atoms with Gasteiger partial charge in [-0.15, -0.1) is 0 Å². The standard InChI is InChI=1S/C16H20BrN3/c1-11-4-5-14(17)10-13(11)8-9-20(3)16-7-6-15(18)12(2)19-16/h4-7,10H,8-9,18H2,1-3H3. The molecular formula is C16H20BrN3. The first-order chi connectivity index (χ1) is 9.47. The highest BCUT2D eigenvalue weighted by atomic mass is 79.9. The van der Waals surface area contributed by atoms with Crippen LogP contribution in [0.25, 0.3) is 0 Å². The van der Waals surface area contributed by atoms with E-state index in [2.05, 4.69) is 58.0 Å². The van der Waals surface area contributed by atoms with E-state index in [1.165, 1.54) is 11.1 Å². The summed E-state index contributed by atoms with van der Waals surface area (Å²) in [5, 5.41) is 0. The first-order valence-corrected chi connectivity index (χ1v) is 7.46. The maximum atomic E-state index is 5.80. The monoisotopic (exact) mass is 333 g/mol. The molecule has 0 radical (unpaired) electrons. The summed E-state index contributed by atoms with van der Waals surface area (Å²) < 4.78 is 1.13. The van der Waals surface area contributed by atoms with Gasteiger partial charge in [0.05, 0.1) is 11.4 Å². The third-order valence-corrected chi connectivity index (χ3v) is 4.02. The number of halogens is 1. The molecular weight excluding hydrogens is 314 g/mol. The van der Waals surface area contributed by atoms with E-state index in [0.29, 0.717) is 0 Å². The van der Waals surface area contributed by atoms with Gasteiger partial charge < -0.3 is 10.6 Å². The van der Waals surface area contributed by atoms with Crippen LogP contribution in [0.5, 0.6) is 0 Å². The highest BCUT2D eigenvalue weighted by Gasteiger charge is 2.06. The number of nitrogens with two attached hydrogens (primary N) is 1. The lowest BCUT2D eigenvalue weighted by atomic mass is 10.1. The van der Waals surface area contributed by atoms with Gasteiger partial charge in [-0.25, -0.2) is 4.98 Å². The molecule has 1 aromatic heterocycles. The molecule has 2 rings (SSSR count). The molecule has 0 aliphatic heterocycles. The Morgan fingerprint density at radius 3 is 2.65 bits per heavy atom. The third-order valence-electron chi connectivity index (χ3n) is 3.53. The van der Waals surface area contributed by atoms with Crippen molar-refractivity contribution in [3.63, 3.8) is 0 Å². The molecule has 0 unspecified atom stereocenters. The summed E-state index contributed by atoms with van der Waals surface area (Å²) in [6.45, 7) is 5.01. The molecule has 3 nitrogen and oxygen atoms in total. The molecule has 0 aliphatic rings. The number of likely N-dealkylation sites (N-methyl/N-ethyl adjacent to an activating group) is 1. The second kappa shape index (κ2) is 6.27. The molecule has 0 fully saturated rings. The number of anilines is 2. The summed E-state index contributed by atoms with van der Waals surface area (Å²) in [5.41, 5.74) is 10.1. The van der Waals surface area contributed by atoms with Crippen LogP contribution in [0.3, 0.4) is 0 Å². The van der Waals surface area contributed by atoms with E-state index < -0.39 is 0 Å². The molecule has 0 aliphatic carbocycles. The van der Waals surface area contributed by atoms with Crippen molar-refractivity contribution in [1.29, 1.82) is 0 Å². The van der Waals surface area contributed by atoms with E-state index in [9.17, 15) is 0 Å². The van der Waals surface area contributed by atoms with Crippen LogP contribution in [0.15, 0.2) is 34.8 Å². The molecule has 20 heavy (non-hydrogen) atoms. The third kappa shape index (κ3) is 3.51. The highest BCUT2D eigenvalue weighted by Crippen LogP contribution is 2.19. The zero-order chi connectivity index (χ0) is 14.7. The van der Waals surface area contributed by atoms with E-state index in [4.69, 9.17) is 5.73 Å². The Labute approximate surface area is 129 Å². The van der Waals surface area contributed by atoms with Gasteiger partial charge in [0, 0.05) is 18.1 Å². The summed E-state index contributed by atoms with van der Waals surface area (Å²) in [6.07, 6.45) is 0.993. The Bertz CT molecular complexity index is 611. The zero-order valence-corrected chi connectivity index (χ0v) is 13.7. The lowest BCUT2D eigenvalue weighted by Crippen LogP contribution is -2.22. The lowest BCUT2D eigenvalue weighted by Gasteiger charge is -2.19. The maximum absolute atomic E-state index is 5.80. The topological polar surface area (TPSA) is 42.1 Å². The van der Waals surface area contributed by atoms with E-state index in [1.807, 2.05) is 19.1 Å². The minimum atomic E-state index is 0.741. The minimum absolute atomic E-state index is 0.741. The number of hydrogen-bond acceptors (Lipinski definition) is 3. The molecule has 2 N–H and O–H groups in total. The molecule has 0 atom stereocenters. The number of benzene rings is 1. The van der Waals surface area contributed by atoms with E-state index in [0.717, 1.165) is 34.6 Å². The molecule has 0 spiro atoms. The SMILES string of the molecule is Cc1ccc(Br)cc1CCN(C)c1ccc(N)c(C)n1. The van der Waals surface area contributed by atoms with E-state index in [-0.39, 0.29) is 0 Å². The summed E-state index contributed by atoms with van der Waals surface area (Å²) in [6, 6.07) is 10.3. The van der Waals surface area contributed by atoms with E-state index >= 15 is 0 Å². The lowest BCUT2D eigenvalue weighted by molar-refractivity contribution is 0.852. The van der Waals surface area contributed by atoms with Crippen LogP contribution >= 0.6 is 15.9 Å². The number of hydrogen-bond donors (Lipinski definition) is 1. The Balaban J connectivity index is 2.06. The van der Waals surface area contributed by atoms with Gasteiger partial charge in [-0.3, -0.25) is 0 Å². The molecule has 0 saturated carbocycles. The van der Waals surface area contributed by atoms with Crippen molar-refractivity contribution >= 4 is 27.4 Å². The molecule has 0 bridgehead atoms. The molecule has 1 heterocycles. The predicted octanol–water partition coefficient (Wildman–Crippen LogP) is 3.72. The fraction of sp³-hybridized carbons (Fsp3) is 0.312. The van der Waals surface area contributed by atoms with Crippen molar-refractivity contribution in [2.45, 2.75) is 20.3 Å². The number of pyridine rings is 1. The van der Waals surface area contributed by atoms with Gasteiger partial charge in [0.25, 0.3) is 0 Å². The van der Waals surface area contributed by atoms with Crippen molar-refractivity contribution in [2.24, 2.45) is 0 Å². The van der Waals surface area contributed by atoms with Gasteiger partial charge in [0.2, 0.25) is 0 Å². The Morgan fingerprint density at radius 1 is 1.20 bits per heavy atom. The average molecular weight is 334 g/mol. The Morgan fingerprint density at radius 2 is 1.95 bits per heavy atom. The van der Waals surface area contributed by atoms with Crippen molar-refractivity contribution in [1.82, 2.24) is 4.98 Å². The van der Waals surface area contributed by atoms with Crippen molar-refractivity contribution in [2.75, 3.05) is 24.2 Å². The van der Waals surface area contributed by atoms with Crippen LogP contribution in [0.2, 0.25) is 0 Å². The highest BCUT2D eigenvalue weighted by molar-refractivity contribution is 9.10. The summed E-state index contributed by atoms with van der Waals surface area (Å²) >= 11 is 3.53. The van der Waals surface area contributed by atoms with Gasteiger partial charge in [-0.2, -0.15) is 0 Å². The van der Waals surface area contributed by atoms with Crippen molar-refractivity contribution in [3.05, 3.63) is 51.6 Å². The maximum Gasteiger partial charge on any atom is 0.128 e. The summed E-state index contributed by atoms with van der Waals surface area (Å²) in [7, 11) is 2.06. The Hall–Kier alpha value is -1.55. The number of rotatable bonds is 4. The average Bonchev–Trinajstić information content (AvgIpc) is 2.42. The number of aryl methyl sites for hydroxylation is 2. The number of nitrogen functional groups attached to an aromatic ring is 1. The second-order valence-electron chi connectivity index (χ2n) is 5.09. The van der Waals surface area contributed by atoms with Gasteiger partial charge in [0.1, 0.15) is 5.82 Å². The predicted molar refractivity (Wildman–Crippen MR) is 89.2 cm³/mol. The van der Waals surface area contributed by atoms with Crippen LogP contribution in [-0.4, -0.2) is 18.6 Å². The molecule has 2 aromatic rings. The van der Waals surface area contributed by atoms with Crippen molar-refractivity contribution in [3.8, 4) is 0 Å². The minimum Gasteiger partial charge on any atom is -0.397 e. The number of nitrogens with zero attached hydrogens (tertiary/aromatic N) is 2. The van der Waals surface area contributed by atoms with Gasteiger partial charge in [-0.1, -0.05) is 22.0 Å². The largest absolute Gasteiger partial charge is 0.397 e. The fourth-order valence-electron chi connectivity index (χ4n) is 2.08. The second-order valence-corrected chi connectivity index (χ2v) is 6.00. The van der Waals surface area contributed by atoms with Gasteiger partial charge >= 0.3 is 0 Å². The van der Waals surface area contributed by atoms with Crippen LogP contribution in [0, 0.1) is 13.8 Å². The van der Waals surface area contributed by atoms with Crippen LogP contribution in [0.4, 0.5) is 11.5 Å². The van der Waals surface area contributed by atoms with Crippen molar-refractivity contribution < 1.29 is 0 Å². The summed E-state index contributed by atoms with van der Waals surface area (Å²) in [4.78, 5) is 6.68. The van der Waals surface area contributed by atoms with Crippen LogP contribution in [0.1, 0.15) is 16.8 Å². The first kappa shape index (κ1) is 14.9. The zero-order valence-electron chi connectivity index (χ0n) is 12.2. The molecule has 106 valence electrons. The number of aromatic nitrogens is 1. The van der Waals surface area contributed by atoms with Crippen LogP contribution in [-0.2, 0) is 6.42 Å². The molecule has 0 amide bonds. The Kier molecular flexibility index (Phi) is 4.65. The van der Waals surface area contributed by atoms with Gasteiger partial charge in [-0.05, 0) is 55.7 Å². The van der Waals surface area contributed by atoms with E-state index in [1.54, 1.807) is 0 Å². The molecule has 4 heteroatoms. The normalized spacial score (nSPS) is 10.6.